The summed E-state index contributed by atoms with van der Waals surface area (Å²) in [6.45, 7) is 4.37. The summed E-state index contributed by atoms with van der Waals surface area (Å²) in [5.41, 5.74) is 0.218. The first kappa shape index (κ1) is 18.5. The van der Waals surface area contributed by atoms with Crippen molar-refractivity contribution >= 4 is 28.8 Å². The quantitative estimate of drug-likeness (QED) is 0.889. The first-order valence-corrected chi connectivity index (χ1v) is 9.07. The Morgan fingerprint density at radius 1 is 1.08 bits per heavy atom. The second kappa shape index (κ2) is 7.92. The van der Waals surface area contributed by atoms with Gasteiger partial charge in [-0.1, -0.05) is 0 Å². The van der Waals surface area contributed by atoms with E-state index in [4.69, 9.17) is 0 Å². The molecule has 0 unspecified atom stereocenters. The van der Waals surface area contributed by atoms with Crippen LogP contribution in [-0.2, 0) is 4.79 Å². The molecule has 26 heavy (non-hydrogen) atoms. The molecule has 1 fully saturated rings. The van der Waals surface area contributed by atoms with E-state index < -0.39 is 11.6 Å². The van der Waals surface area contributed by atoms with Gasteiger partial charge in [0, 0.05) is 42.8 Å². The van der Waals surface area contributed by atoms with Crippen LogP contribution in [0.5, 0.6) is 0 Å². The number of carbonyl (C=O) groups excluding carboxylic acids is 2. The second-order valence-corrected chi connectivity index (χ2v) is 7.44. The number of piperazine rings is 1. The lowest BCUT2D eigenvalue weighted by Crippen LogP contribution is -2.50. The van der Waals surface area contributed by atoms with Gasteiger partial charge in [0.05, 0.1) is 11.4 Å². The Bertz CT molecular complexity index is 817. The van der Waals surface area contributed by atoms with Gasteiger partial charge >= 0.3 is 0 Å². The Hall–Kier alpha value is -2.32. The molecule has 1 aromatic carbocycles. The molecule has 1 saturated heterocycles. The maximum atomic E-state index is 13.2. The van der Waals surface area contributed by atoms with Crippen LogP contribution in [0.4, 0.5) is 14.5 Å². The minimum absolute atomic E-state index is 0.0222. The van der Waals surface area contributed by atoms with Crippen LogP contribution in [0, 0.1) is 18.6 Å². The highest BCUT2D eigenvalue weighted by molar-refractivity contribution is 7.13. The van der Waals surface area contributed by atoms with Gasteiger partial charge in [0.2, 0.25) is 5.91 Å². The van der Waals surface area contributed by atoms with Crippen LogP contribution < -0.4 is 5.32 Å². The van der Waals surface area contributed by atoms with Crippen molar-refractivity contribution in [2.45, 2.75) is 6.92 Å². The molecule has 1 aromatic heterocycles. The zero-order chi connectivity index (χ0) is 18.7. The molecule has 2 heterocycles. The standard InChI is InChI=1S/C18H19F2N3O2S/c1-12-2-5-16(26-12)18(25)23-8-6-22(7-9-23)11-17(24)21-13-3-4-14(19)15(20)10-13/h2-5,10H,6-9,11H2,1H3,(H,21,24). The summed E-state index contributed by atoms with van der Waals surface area (Å²) in [7, 11) is 0. The topological polar surface area (TPSA) is 52.7 Å². The molecule has 0 saturated carbocycles. The number of hydrogen-bond donors (Lipinski definition) is 1. The summed E-state index contributed by atoms with van der Waals surface area (Å²) in [5, 5.41) is 2.55. The van der Waals surface area contributed by atoms with E-state index in [1.165, 1.54) is 17.4 Å². The Morgan fingerprint density at radius 3 is 2.42 bits per heavy atom. The third kappa shape index (κ3) is 4.44. The van der Waals surface area contributed by atoms with Gasteiger partial charge in [-0.25, -0.2) is 8.78 Å². The first-order chi connectivity index (χ1) is 12.4. The molecular weight excluding hydrogens is 360 g/mol. The number of hydrogen-bond acceptors (Lipinski definition) is 4. The third-order valence-electron chi connectivity index (χ3n) is 4.18. The summed E-state index contributed by atoms with van der Waals surface area (Å²) in [6, 6.07) is 7.01. The number of nitrogens with one attached hydrogen (secondary N) is 1. The Kier molecular flexibility index (Phi) is 5.63. The van der Waals surface area contributed by atoms with Gasteiger partial charge in [0.25, 0.3) is 5.91 Å². The molecule has 0 atom stereocenters. The maximum absolute atomic E-state index is 13.2. The average Bonchev–Trinajstić information content (AvgIpc) is 3.04. The highest BCUT2D eigenvalue weighted by atomic mass is 32.1. The second-order valence-electron chi connectivity index (χ2n) is 6.16. The summed E-state index contributed by atoms with van der Waals surface area (Å²) in [4.78, 5) is 30.0. The van der Waals surface area contributed by atoms with Crippen LogP contribution in [0.1, 0.15) is 14.5 Å². The molecule has 3 rings (SSSR count). The first-order valence-electron chi connectivity index (χ1n) is 8.25. The van der Waals surface area contributed by atoms with E-state index in [1.54, 1.807) is 4.90 Å². The number of amides is 2. The molecule has 0 radical (unpaired) electrons. The fourth-order valence-corrected chi connectivity index (χ4v) is 3.63. The monoisotopic (exact) mass is 379 g/mol. The lowest BCUT2D eigenvalue weighted by Gasteiger charge is -2.34. The molecule has 2 aromatic rings. The summed E-state index contributed by atoms with van der Waals surface area (Å²) in [6.07, 6.45) is 0. The van der Waals surface area contributed by atoms with Gasteiger partial charge in [-0.15, -0.1) is 11.3 Å². The lowest BCUT2D eigenvalue weighted by molar-refractivity contribution is -0.117. The van der Waals surface area contributed by atoms with Crippen LogP contribution in [0.25, 0.3) is 0 Å². The average molecular weight is 379 g/mol. The van der Waals surface area contributed by atoms with Crippen LogP contribution in [0.2, 0.25) is 0 Å². The highest BCUT2D eigenvalue weighted by Crippen LogP contribution is 2.18. The van der Waals surface area contributed by atoms with Crippen molar-refractivity contribution in [2.24, 2.45) is 0 Å². The molecule has 8 heteroatoms. The van der Waals surface area contributed by atoms with Gasteiger partial charge < -0.3 is 10.2 Å². The molecule has 2 amide bonds. The molecule has 1 aliphatic rings. The summed E-state index contributed by atoms with van der Waals surface area (Å²) in [5.74, 6) is -2.23. The zero-order valence-corrected chi connectivity index (χ0v) is 15.1. The van der Waals surface area contributed by atoms with E-state index in [1.807, 2.05) is 24.0 Å². The minimum atomic E-state index is -1.00. The van der Waals surface area contributed by atoms with Gasteiger partial charge in [-0.2, -0.15) is 0 Å². The van der Waals surface area contributed by atoms with E-state index in [9.17, 15) is 18.4 Å². The molecule has 1 aliphatic heterocycles. The largest absolute Gasteiger partial charge is 0.335 e. The SMILES string of the molecule is Cc1ccc(C(=O)N2CCN(CC(=O)Nc3ccc(F)c(F)c3)CC2)s1. The van der Waals surface area contributed by atoms with Crippen molar-refractivity contribution in [2.75, 3.05) is 38.0 Å². The summed E-state index contributed by atoms with van der Waals surface area (Å²) < 4.78 is 26.1. The Balaban J connectivity index is 1.48. The van der Waals surface area contributed by atoms with Crippen molar-refractivity contribution in [3.63, 3.8) is 0 Å². The molecule has 5 nitrogen and oxygen atoms in total. The lowest BCUT2D eigenvalue weighted by atomic mass is 10.2. The highest BCUT2D eigenvalue weighted by Gasteiger charge is 2.24. The Morgan fingerprint density at radius 2 is 1.81 bits per heavy atom. The van der Waals surface area contributed by atoms with Gasteiger partial charge in [-0.3, -0.25) is 14.5 Å². The van der Waals surface area contributed by atoms with Crippen LogP contribution >= 0.6 is 11.3 Å². The number of aryl methyl sites for hydroxylation is 1. The predicted molar refractivity (Wildman–Crippen MR) is 96.4 cm³/mol. The number of nitrogens with zero attached hydrogens (tertiary/aromatic N) is 2. The van der Waals surface area contributed by atoms with E-state index in [2.05, 4.69) is 5.32 Å². The van der Waals surface area contributed by atoms with Crippen molar-refractivity contribution in [3.8, 4) is 0 Å². The summed E-state index contributed by atoms with van der Waals surface area (Å²) >= 11 is 1.48. The molecule has 0 spiro atoms. The van der Waals surface area contributed by atoms with Gasteiger partial charge in [0.15, 0.2) is 11.6 Å². The predicted octanol–water partition coefficient (Wildman–Crippen LogP) is 2.73. The number of anilines is 1. The fourth-order valence-electron chi connectivity index (χ4n) is 2.79. The number of benzene rings is 1. The van der Waals surface area contributed by atoms with Gasteiger partial charge in [-0.05, 0) is 31.2 Å². The van der Waals surface area contributed by atoms with E-state index in [-0.39, 0.29) is 24.0 Å². The maximum Gasteiger partial charge on any atom is 0.264 e. The number of thiophene rings is 1. The number of halogens is 2. The zero-order valence-electron chi connectivity index (χ0n) is 14.3. The minimum Gasteiger partial charge on any atom is -0.335 e. The molecule has 1 N–H and O–H groups in total. The van der Waals surface area contributed by atoms with Gasteiger partial charge in [0.1, 0.15) is 0 Å². The van der Waals surface area contributed by atoms with Crippen molar-refractivity contribution < 1.29 is 18.4 Å². The fraction of sp³-hybridized carbons (Fsp3) is 0.333. The third-order valence-corrected chi connectivity index (χ3v) is 5.17. The normalized spacial score (nSPS) is 15.1. The molecule has 0 aliphatic carbocycles. The smallest absolute Gasteiger partial charge is 0.264 e. The van der Waals surface area contributed by atoms with E-state index >= 15 is 0 Å². The molecular formula is C18H19F2N3O2S. The molecule has 0 bridgehead atoms. The van der Waals surface area contributed by atoms with E-state index in [0.29, 0.717) is 26.2 Å². The van der Waals surface area contributed by atoms with Crippen LogP contribution in [0.15, 0.2) is 30.3 Å². The van der Waals surface area contributed by atoms with E-state index in [0.717, 1.165) is 21.9 Å². The van der Waals surface area contributed by atoms with Crippen molar-refractivity contribution in [1.82, 2.24) is 9.80 Å². The Labute approximate surface area is 154 Å². The number of rotatable bonds is 4. The van der Waals surface area contributed by atoms with Crippen molar-refractivity contribution in [1.29, 1.82) is 0 Å². The van der Waals surface area contributed by atoms with Crippen molar-refractivity contribution in [3.05, 3.63) is 51.7 Å². The molecule has 138 valence electrons. The van der Waals surface area contributed by atoms with Crippen LogP contribution in [-0.4, -0.2) is 54.3 Å². The van der Waals surface area contributed by atoms with Crippen LogP contribution in [0.3, 0.4) is 0 Å². The number of carbonyl (C=O) groups is 2.